The molecular formula is C18H15N3O2S. The van der Waals surface area contributed by atoms with Crippen LogP contribution in [-0.2, 0) is 6.42 Å². The number of nitrogens with one attached hydrogen (secondary N) is 2. The SMILES string of the molecule is O=C(NCCc1ncc(-c2cccs2)[nH]1)c1cc2ccccc2o1. The van der Waals surface area contributed by atoms with Crippen molar-refractivity contribution in [2.75, 3.05) is 6.54 Å². The van der Waals surface area contributed by atoms with Gasteiger partial charge in [-0.1, -0.05) is 24.3 Å². The predicted molar refractivity (Wildman–Crippen MR) is 94.2 cm³/mol. The van der Waals surface area contributed by atoms with E-state index in [1.54, 1.807) is 17.4 Å². The van der Waals surface area contributed by atoms with Crippen LogP contribution in [-0.4, -0.2) is 22.4 Å². The fourth-order valence-electron chi connectivity index (χ4n) is 2.52. The van der Waals surface area contributed by atoms with E-state index in [0.717, 1.165) is 21.8 Å². The Morgan fingerprint density at radius 1 is 1.25 bits per heavy atom. The van der Waals surface area contributed by atoms with E-state index in [9.17, 15) is 4.79 Å². The van der Waals surface area contributed by atoms with Gasteiger partial charge in [-0.15, -0.1) is 11.3 Å². The van der Waals surface area contributed by atoms with Crippen LogP contribution >= 0.6 is 11.3 Å². The number of rotatable bonds is 5. The Hall–Kier alpha value is -2.86. The second-order valence-electron chi connectivity index (χ2n) is 5.38. The minimum atomic E-state index is -0.212. The number of furan rings is 1. The zero-order chi connectivity index (χ0) is 16.4. The lowest BCUT2D eigenvalue weighted by Gasteiger charge is -2.01. The van der Waals surface area contributed by atoms with Crippen molar-refractivity contribution in [1.29, 1.82) is 0 Å². The van der Waals surface area contributed by atoms with E-state index >= 15 is 0 Å². The molecule has 6 heteroatoms. The standard InChI is InChI=1S/C18H15N3O2S/c22-18(15-10-12-4-1-2-5-14(12)23-15)19-8-7-17-20-11-13(21-17)16-6-3-9-24-16/h1-6,9-11H,7-8H2,(H,19,22)(H,20,21). The van der Waals surface area contributed by atoms with Crippen molar-refractivity contribution < 1.29 is 9.21 Å². The van der Waals surface area contributed by atoms with E-state index in [4.69, 9.17) is 4.42 Å². The molecule has 120 valence electrons. The number of imidazole rings is 1. The van der Waals surface area contributed by atoms with Crippen LogP contribution in [0.25, 0.3) is 21.5 Å². The molecule has 1 amide bonds. The van der Waals surface area contributed by atoms with Crippen LogP contribution in [0.3, 0.4) is 0 Å². The average Bonchev–Trinajstić information content (AvgIpc) is 3.33. The maximum atomic E-state index is 12.2. The van der Waals surface area contributed by atoms with Crippen molar-refractivity contribution >= 4 is 28.2 Å². The zero-order valence-corrected chi connectivity index (χ0v) is 13.6. The molecule has 0 atom stereocenters. The molecule has 24 heavy (non-hydrogen) atoms. The molecule has 0 unspecified atom stereocenters. The molecule has 3 aromatic heterocycles. The summed E-state index contributed by atoms with van der Waals surface area (Å²) in [6, 6.07) is 13.4. The number of para-hydroxylation sites is 1. The fourth-order valence-corrected chi connectivity index (χ4v) is 3.21. The maximum Gasteiger partial charge on any atom is 0.287 e. The number of fused-ring (bicyclic) bond motifs is 1. The van der Waals surface area contributed by atoms with E-state index < -0.39 is 0 Å². The third-order valence-electron chi connectivity index (χ3n) is 3.71. The molecule has 0 fully saturated rings. The summed E-state index contributed by atoms with van der Waals surface area (Å²) < 4.78 is 5.55. The third-order valence-corrected chi connectivity index (χ3v) is 4.61. The van der Waals surface area contributed by atoms with E-state index in [1.807, 2.05) is 48.0 Å². The molecule has 0 saturated carbocycles. The number of H-pyrrole nitrogens is 1. The number of amides is 1. The van der Waals surface area contributed by atoms with Crippen LogP contribution < -0.4 is 5.32 Å². The summed E-state index contributed by atoms with van der Waals surface area (Å²) >= 11 is 1.66. The Balaban J connectivity index is 1.36. The Kier molecular flexibility index (Phi) is 3.88. The van der Waals surface area contributed by atoms with Crippen molar-refractivity contribution in [3.05, 3.63) is 65.6 Å². The number of benzene rings is 1. The molecular weight excluding hydrogens is 322 g/mol. The van der Waals surface area contributed by atoms with Crippen molar-refractivity contribution in [3.8, 4) is 10.6 Å². The lowest BCUT2D eigenvalue weighted by atomic mass is 10.2. The highest BCUT2D eigenvalue weighted by Crippen LogP contribution is 2.22. The predicted octanol–water partition coefficient (Wildman–Crippen LogP) is 3.86. The normalized spacial score (nSPS) is 11.0. The highest BCUT2D eigenvalue weighted by molar-refractivity contribution is 7.13. The lowest BCUT2D eigenvalue weighted by molar-refractivity contribution is 0.0928. The van der Waals surface area contributed by atoms with E-state index in [0.29, 0.717) is 24.3 Å². The minimum absolute atomic E-state index is 0.212. The number of hydrogen-bond acceptors (Lipinski definition) is 4. The van der Waals surface area contributed by atoms with Gasteiger partial charge in [0.2, 0.25) is 0 Å². The first-order valence-corrected chi connectivity index (χ1v) is 8.52. The average molecular weight is 337 g/mol. The Morgan fingerprint density at radius 2 is 2.17 bits per heavy atom. The van der Waals surface area contributed by atoms with E-state index in [2.05, 4.69) is 15.3 Å². The first-order chi connectivity index (χ1) is 11.8. The van der Waals surface area contributed by atoms with Crippen LogP contribution in [0.2, 0.25) is 0 Å². The molecule has 0 aliphatic heterocycles. The molecule has 5 nitrogen and oxygen atoms in total. The van der Waals surface area contributed by atoms with Crippen molar-refractivity contribution in [3.63, 3.8) is 0 Å². The number of carbonyl (C=O) groups excluding carboxylic acids is 1. The Labute approximate surface area is 142 Å². The quantitative estimate of drug-likeness (QED) is 0.581. The second-order valence-corrected chi connectivity index (χ2v) is 6.32. The van der Waals surface area contributed by atoms with Crippen LogP contribution in [0, 0.1) is 0 Å². The largest absolute Gasteiger partial charge is 0.451 e. The number of aromatic nitrogens is 2. The number of aromatic amines is 1. The van der Waals surface area contributed by atoms with Gasteiger partial charge >= 0.3 is 0 Å². The summed E-state index contributed by atoms with van der Waals surface area (Å²) in [5, 5.41) is 5.82. The van der Waals surface area contributed by atoms with Gasteiger partial charge in [0.1, 0.15) is 11.4 Å². The van der Waals surface area contributed by atoms with Gasteiger partial charge in [-0.2, -0.15) is 0 Å². The molecule has 2 N–H and O–H groups in total. The number of nitrogens with zero attached hydrogens (tertiary/aromatic N) is 1. The number of hydrogen-bond donors (Lipinski definition) is 2. The van der Waals surface area contributed by atoms with Gasteiger partial charge in [0, 0.05) is 18.4 Å². The van der Waals surface area contributed by atoms with Gasteiger partial charge in [-0.25, -0.2) is 4.98 Å². The maximum absolute atomic E-state index is 12.2. The van der Waals surface area contributed by atoms with E-state index in [1.165, 1.54) is 0 Å². The Morgan fingerprint density at radius 3 is 3.00 bits per heavy atom. The van der Waals surface area contributed by atoms with Gasteiger partial charge in [-0.05, 0) is 23.6 Å². The monoisotopic (exact) mass is 337 g/mol. The van der Waals surface area contributed by atoms with Gasteiger partial charge in [-0.3, -0.25) is 4.79 Å². The lowest BCUT2D eigenvalue weighted by Crippen LogP contribution is -2.25. The number of carbonyl (C=O) groups is 1. The molecule has 0 aliphatic carbocycles. The second kappa shape index (κ2) is 6.33. The smallest absolute Gasteiger partial charge is 0.287 e. The topological polar surface area (TPSA) is 70.9 Å². The van der Waals surface area contributed by atoms with Crippen molar-refractivity contribution in [2.24, 2.45) is 0 Å². The van der Waals surface area contributed by atoms with Crippen LogP contribution in [0.4, 0.5) is 0 Å². The summed E-state index contributed by atoms with van der Waals surface area (Å²) in [5.74, 6) is 0.967. The molecule has 0 saturated heterocycles. The van der Waals surface area contributed by atoms with Crippen LogP contribution in [0.1, 0.15) is 16.4 Å². The van der Waals surface area contributed by atoms with Crippen LogP contribution in [0.5, 0.6) is 0 Å². The third kappa shape index (κ3) is 2.96. The summed E-state index contributed by atoms with van der Waals surface area (Å²) in [7, 11) is 0. The molecule has 1 aromatic carbocycles. The molecule has 0 spiro atoms. The molecule has 3 heterocycles. The first kappa shape index (κ1) is 14.7. The summed E-state index contributed by atoms with van der Waals surface area (Å²) in [6.45, 7) is 0.493. The van der Waals surface area contributed by atoms with Gasteiger partial charge in [0.05, 0.1) is 16.8 Å². The molecule has 0 aliphatic rings. The van der Waals surface area contributed by atoms with Crippen LogP contribution in [0.15, 0.2) is 58.5 Å². The van der Waals surface area contributed by atoms with Crippen molar-refractivity contribution in [2.45, 2.75) is 6.42 Å². The van der Waals surface area contributed by atoms with Gasteiger partial charge in [0.15, 0.2) is 5.76 Å². The highest BCUT2D eigenvalue weighted by Gasteiger charge is 2.12. The molecule has 4 aromatic rings. The molecule has 0 bridgehead atoms. The van der Waals surface area contributed by atoms with Gasteiger partial charge < -0.3 is 14.7 Å². The number of thiophene rings is 1. The summed E-state index contributed by atoms with van der Waals surface area (Å²) in [6.07, 6.45) is 2.46. The molecule has 4 rings (SSSR count). The summed E-state index contributed by atoms with van der Waals surface area (Å²) in [5.41, 5.74) is 1.72. The van der Waals surface area contributed by atoms with E-state index in [-0.39, 0.29) is 5.91 Å². The molecule has 0 radical (unpaired) electrons. The van der Waals surface area contributed by atoms with Crippen molar-refractivity contribution in [1.82, 2.24) is 15.3 Å². The highest BCUT2D eigenvalue weighted by atomic mass is 32.1. The zero-order valence-electron chi connectivity index (χ0n) is 12.8. The first-order valence-electron chi connectivity index (χ1n) is 7.64. The summed E-state index contributed by atoms with van der Waals surface area (Å²) in [4.78, 5) is 20.9. The minimum Gasteiger partial charge on any atom is -0.451 e. The fraction of sp³-hybridized carbons (Fsp3) is 0.111. The van der Waals surface area contributed by atoms with Gasteiger partial charge in [0.25, 0.3) is 5.91 Å². The Bertz CT molecular complexity index is 936.